The highest BCUT2D eigenvalue weighted by Gasteiger charge is 2.19. The van der Waals surface area contributed by atoms with Crippen LogP contribution in [0.15, 0.2) is 18.3 Å². The molecule has 1 aromatic heterocycles. The van der Waals surface area contributed by atoms with Crippen LogP contribution in [0, 0.1) is 5.92 Å². The molecule has 0 aromatic carbocycles. The van der Waals surface area contributed by atoms with E-state index < -0.39 is 0 Å². The summed E-state index contributed by atoms with van der Waals surface area (Å²) in [6.45, 7) is 6.90. The summed E-state index contributed by atoms with van der Waals surface area (Å²) in [7, 11) is 0. The van der Waals surface area contributed by atoms with Crippen LogP contribution in [0.3, 0.4) is 0 Å². The highest BCUT2D eigenvalue weighted by Crippen LogP contribution is 2.19. The summed E-state index contributed by atoms with van der Waals surface area (Å²) in [5.41, 5.74) is 2.29. The van der Waals surface area contributed by atoms with Crippen LogP contribution in [0.1, 0.15) is 50.8 Å². The smallest absolute Gasteiger partial charge is 0.0887 e. The van der Waals surface area contributed by atoms with Crippen LogP contribution in [-0.4, -0.2) is 17.6 Å². The molecule has 3 heteroatoms. The van der Waals surface area contributed by atoms with E-state index in [1.165, 1.54) is 24.8 Å². The van der Waals surface area contributed by atoms with Gasteiger partial charge in [-0.15, -0.1) is 0 Å². The molecule has 1 saturated carbocycles. The molecule has 0 spiro atoms. The van der Waals surface area contributed by atoms with Gasteiger partial charge in [-0.3, -0.25) is 4.98 Å². The van der Waals surface area contributed by atoms with Gasteiger partial charge in [0.2, 0.25) is 0 Å². The largest absolute Gasteiger partial charge is 0.375 e. The van der Waals surface area contributed by atoms with Gasteiger partial charge in [0.15, 0.2) is 0 Å². The van der Waals surface area contributed by atoms with Crippen LogP contribution >= 0.6 is 0 Å². The number of aromatic nitrogens is 1. The maximum atomic E-state index is 5.64. The quantitative estimate of drug-likeness (QED) is 0.693. The van der Waals surface area contributed by atoms with Crippen molar-refractivity contribution in [3.05, 3.63) is 29.6 Å². The summed E-state index contributed by atoms with van der Waals surface area (Å²) in [5.74, 6) is 0.764. The molecule has 0 radical (unpaired) electrons. The Morgan fingerprint density at radius 2 is 2.21 bits per heavy atom. The normalized spacial score (nSPS) is 15.1. The second-order valence-corrected chi connectivity index (χ2v) is 5.90. The molecule has 0 atom stereocenters. The van der Waals surface area contributed by atoms with E-state index in [1.807, 2.05) is 6.20 Å². The van der Waals surface area contributed by atoms with E-state index in [2.05, 4.69) is 36.3 Å². The van der Waals surface area contributed by atoms with Crippen molar-refractivity contribution in [2.45, 2.75) is 58.7 Å². The molecule has 1 aromatic rings. The van der Waals surface area contributed by atoms with E-state index in [0.29, 0.717) is 6.61 Å². The van der Waals surface area contributed by atoms with E-state index in [0.717, 1.165) is 37.2 Å². The maximum absolute atomic E-state index is 5.64. The molecule has 0 amide bonds. The SMILES string of the molecule is CC(C)CCCOCc1ccc(CNC2CC2)cn1. The number of nitrogens with zero attached hydrogens (tertiary/aromatic N) is 1. The lowest BCUT2D eigenvalue weighted by atomic mass is 10.1. The van der Waals surface area contributed by atoms with Gasteiger partial charge in [-0.05, 0) is 43.2 Å². The lowest BCUT2D eigenvalue weighted by Gasteiger charge is -2.07. The van der Waals surface area contributed by atoms with Gasteiger partial charge in [0.05, 0.1) is 12.3 Å². The fourth-order valence-corrected chi connectivity index (χ4v) is 1.97. The predicted octanol–water partition coefficient (Wildman–Crippen LogP) is 3.29. The standard InChI is InChI=1S/C16H26N2O/c1-13(2)4-3-9-19-12-16-6-5-14(11-18-16)10-17-15-7-8-15/h5-6,11,13,15,17H,3-4,7-10,12H2,1-2H3. The first kappa shape index (κ1) is 14.5. The van der Waals surface area contributed by atoms with Gasteiger partial charge in [0.25, 0.3) is 0 Å². The number of rotatable bonds is 9. The van der Waals surface area contributed by atoms with Crippen molar-refractivity contribution in [3.8, 4) is 0 Å². The molecule has 0 aliphatic heterocycles. The number of hydrogen-bond acceptors (Lipinski definition) is 3. The monoisotopic (exact) mass is 262 g/mol. The highest BCUT2D eigenvalue weighted by atomic mass is 16.5. The van der Waals surface area contributed by atoms with Gasteiger partial charge in [0.1, 0.15) is 0 Å². The first-order valence-electron chi connectivity index (χ1n) is 7.49. The third-order valence-corrected chi connectivity index (χ3v) is 3.38. The van der Waals surface area contributed by atoms with Crippen LogP contribution in [0.2, 0.25) is 0 Å². The Morgan fingerprint density at radius 3 is 2.84 bits per heavy atom. The summed E-state index contributed by atoms with van der Waals surface area (Å²) in [4.78, 5) is 4.44. The lowest BCUT2D eigenvalue weighted by molar-refractivity contribution is 0.112. The molecular weight excluding hydrogens is 236 g/mol. The van der Waals surface area contributed by atoms with Crippen LogP contribution in [0.25, 0.3) is 0 Å². The van der Waals surface area contributed by atoms with Gasteiger partial charge in [-0.2, -0.15) is 0 Å². The van der Waals surface area contributed by atoms with E-state index in [-0.39, 0.29) is 0 Å². The fraction of sp³-hybridized carbons (Fsp3) is 0.688. The van der Waals surface area contributed by atoms with Crippen LogP contribution in [0.5, 0.6) is 0 Å². The Bertz CT molecular complexity index is 358. The van der Waals surface area contributed by atoms with Crippen molar-refractivity contribution >= 4 is 0 Å². The average molecular weight is 262 g/mol. The fourth-order valence-electron chi connectivity index (χ4n) is 1.97. The zero-order valence-corrected chi connectivity index (χ0v) is 12.2. The molecule has 2 rings (SSSR count). The summed E-state index contributed by atoms with van der Waals surface area (Å²) in [5, 5.41) is 3.49. The second kappa shape index (κ2) is 7.61. The molecular formula is C16H26N2O. The van der Waals surface area contributed by atoms with Gasteiger partial charge in [-0.25, -0.2) is 0 Å². The third-order valence-electron chi connectivity index (χ3n) is 3.38. The first-order valence-corrected chi connectivity index (χ1v) is 7.49. The molecule has 3 nitrogen and oxygen atoms in total. The molecule has 1 N–H and O–H groups in total. The summed E-state index contributed by atoms with van der Waals surface area (Å²) in [6.07, 6.45) is 6.99. The zero-order chi connectivity index (χ0) is 13.5. The molecule has 0 unspecified atom stereocenters. The zero-order valence-electron chi connectivity index (χ0n) is 12.2. The van der Waals surface area contributed by atoms with E-state index in [9.17, 15) is 0 Å². The van der Waals surface area contributed by atoms with Gasteiger partial charge in [-0.1, -0.05) is 19.9 Å². The van der Waals surface area contributed by atoms with Gasteiger partial charge in [0, 0.05) is 25.4 Å². The van der Waals surface area contributed by atoms with E-state index in [1.54, 1.807) is 0 Å². The van der Waals surface area contributed by atoms with Crippen molar-refractivity contribution in [2.24, 2.45) is 5.92 Å². The summed E-state index contributed by atoms with van der Waals surface area (Å²) >= 11 is 0. The Hall–Kier alpha value is -0.930. The van der Waals surface area contributed by atoms with E-state index >= 15 is 0 Å². The Morgan fingerprint density at radius 1 is 1.37 bits per heavy atom. The van der Waals surface area contributed by atoms with Gasteiger partial charge < -0.3 is 10.1 Å². The van der Waals surface area contributed by atoms with Crippen molar-refractivity contribution in [2.75, 3.05) is 6.61 Å². The van der Waals surface area contributed by atoms with Crippen molar-refractivity contribution < 1.29 is 4.74 Å². The van der Waals surface area contributed by atoms with Crippen LogP contribution in [0.4, 0.5) is 0 Å². The minimum atomic E-state index is 0.633. The molecule has 0 bridgehead atoms. The highest BCUT2D eigenvalue weighted by molar-refractivity contribution is 5.13. The van der Waals surface area contributed by atoms with Crippen LogP contribution < -0.4 is 5.32 Å². The Kier molecular flexibility index (Phi) is 5.80. The molecule has 19 heavy (non-hydrogen) atoms. The topological polar surface area (TPSA) is 34.1 Å². The minimum Gasteiger partial charge on any atom is -0.375 e. The maximum Gasteiger partial charge on any atom is 0.0887 e. The lowest BCUT2D eigenvalue weighted by Crippen LogP contribution is -2.15. The Labute approximate surface area is 116 Å². The average Bonchev–Trinajstić information content (AvgIpc) is 3.21. The number of ether oxygens (including phenoxy) is 1. The Balaban J connectivity index is 1.60. The van der Waals surface area contributed by atoms with E-state index in [4.69, 9.17) is 4.74 Å². The molecule has 0 saturated heterocycles. The van der Waals surface area contributed by atoms with Crippen LogP contribution in [-0.2, 0) is 17.9 Å². The number of hydrogen-bond donors (Lipinski definition) is 1. The molecule has 1 fully saturated rings. The predicted molar refractivity (Wildman–Crippen MR) is 77.8 cm³/mol. The number of nitrogens with one attached hydrogen (secondary N) is 1. The molecule has 1 heterocycles. The second-order valence-electron chi connectivity index (χ2n) is 5.90. The summed E-state index contributed by atoms with van der Waals surface area (Å²) < 4.78 is 5.64. The van der Waals surface area contributed by atoms with Crippen molar-refractivity contribution in [3.63, 3.8) is 0 Å². The van der Waals surface area contributed by atoms with Crippen molar-refractivity contribution in [1.29, 1.82) is 0 Å². The third kappa shape index (κ3) is 6.17. The summed E-state index contributed by atoms with van der Waals surface area (Å²) in [6, 6.07) is 4.98. The number of pyridine rings is 1. The molecule has 1 aliphatic carbocycles. The minimum absolute atomic E-state index is 0.633. The molecule has 1 aliphatic rings. The molecule has 106 valence electrons. The first-order chi connectivity index (χ1) is 9.24. The van der Waals surface area contributed by atoms with Gasteiger partial charge >= 0.3 is 0 Å². The van der Waals surface area contributed by atoms with Crippen molar-refractivity contribution in [1.82, 2.24) is 10.3 Å².